The third kappa shape index (κ3) is 3.56. The number of carbonyl (C=O) groups is 2. The first-order chi connectivity index (χ1) is 12.5. The molecular formula is C19H23N3O4. The summed E-state index contributed by atoms with van der Waals surface area (Å²) in [6.45, 7) is 8.05. The molecule has 2 aromatic rings. The molecule has 0 aromatic carbocycles. The number of esters is 1. The van der Waals surface area contributed by atoms with Gasteiger partial charge in [0.15, 0.2) is 0 Å². The fourth-order valence-corrected chi connectivity index (χ4v) is 3.15. The van der Waals surface area contributed by atoms with E-state index in [2.05, 4.69) is 4.98 Å². The van der Waals surface area contributed by atoms with Crippen molar-refractivity contribution in [2.24, 2.45) is 0 Å². The minimum Gasteiger partial charge on any atom is -0.466 e. The van der Waals surface area contributed by atoms with Gasteiger partial charge in [-0.25, -0.2) is 9.78 Å². The summed E-state index contributed by atoms with van der Waals surface area (Å²) in [5.74, 6) is 1.58. The molecule has 3 heterocycles. The van der Waals surface area contributed by atoms with Crippen LogP contribution in [-0.2, 0) is 4.74 Å². The zero-order valence-corrected chi connectivity index (χ0v) is 15.3. The van der Waals surface area contributed by atoms with E-state index in [0.29, 0.717) is 55.5 Å². The second-order valence-electron chi connectivity index (χ2n) is 6.20. The number of aromatic nitrogens is 1. The Morgan fingerprint density at radius 1 is 1.19 bits per heavy atom. The molecule has 0 atom stereocenters. The Balaban J connectivity index is 1.70. The number of piperazine rings is 1. The SMILES string of the molecule is CCOC(=O)c1cccnc1N1CCN(C(=O)c2cc(C)oc2C)CC1. The van der Waals surface area contributed by atoms with E-state index in [1.165, 1.54) is 0 Å². The second kappa shape index (κ2) is 7.59. The van der Waals surface area contributed by atoms with Gasteiger partial charge in [-0.3, -0.25) is 4.79 Å². The molecular weight excluding hydrogens is 334 g/mol. The molecule has 1 saturated heterocycles. The van der Waals surface area contributed by atoms with Crippen LogP contribution in [0.15, 0.2) is 28.8 Å². The maximum atomic E-state index is 12.7. The molecule has 2 aromatic heterocycles. The van der Waals surface area contributed by atoms with Gasteiger partial charge in [-0.2, -0.15) is 0 Å². The smallest absolute Gasteiger partial charge is 0.341 e. The lowest BCUT2D eigenvalue weighted by atomic mass is 10.2. The molecule has 1 fully saturated rings. The third-order valence-electron chi connectivity index (χ3n) is 4.42. The molecule has 0 saturated carbocycles. The number of amides is 1. The van der Waals surface area contributed by atoms with Crippen molar-refractivity contribution < 1.29 is 18.7 Å². The number of pyridine rings is 1. The number of nitrogens with zero attached hydrogens (tertiary/aromatic N) is 3. The summed E-state index contributed by atoms with van der Waals surface area (Å²) in [6, 6.07) is 5.22. The summed E-state index contributed by atoms with van der Waals surface area (Å²) in [5.41, 5.74) is 1.07. The topological polar surface area (TPSA) is 75.9 Å². The molecule has 26 heavy (non-hydrogen) atoms. The van der Waals surface area contributed by atoms with Crippen molar-refractivity contribution in [3.8, 4) is 0 Å². The average Bonchev–Trinajstić information content (AvgIpc) is 2.99. The van der Waals surface area contributed by atoms with Crippen molar-refractivity contribution in [1.82, 2.24) is 9.88 Å². The van der Waals surface area contributed by atoms with E-state index in [9.17, 15) is 9.59 Å². The number of anilines is 1. The fraction of sp³-hybridized carbons (Fsp3) is 0.421. The summed E-state index contributed by atoms with van der Waals surface area (Å²) in [4.78, 5) is 33.0. The summed E-state index contributed by atoms with van der Waals surface area (Å²) in [6.07, 6.45) is 1.66. The van der Waals surface area contributed by atoms with Gasteiger partial charge in [0.1, 0.15) is 22.9 Å². The molecule has 7 heteroatoms. The Morgan fingerprint density at radius 2 is 1.92 bits per heavy atom. The van der Waals surface area contributed by atoms with E-state index in [0.717, 1.165) is 5.76 Å². The molecule has 0 N–H and O–H groups in total. The van der Waals surface area contributed by atoms with Crippen molar-refractivity contribution in [3.63, 3.8) is 0 Å². The fourth-order valence-electron chi connectivity index (χ4n) is 3.15. The van der Waals surface area contributed by atoms with Gasteiger partial charge in [0.05, 0.1) is 12.2 Å². The Kier molecular flexibility index (Phi) is 5.25. The number of aryl methyl sites for hydroxylation is 2. The first kappa shape index (κ1) is 18.0. The number of carbonyl (C=O) groups excluding carboxylic acids is 2. The van der Waals surface area contributed by atoms with Crippen LogP contribution < -0.4 is 4.90 Å². The van der Waals surface area contributed by atoms with Crippen molar-refractivity contribution in [2.45, 2.75) is 20.8 Å². The Hall–Kier alpha value is -2.83. The second-order valence-corrected chi connectivity index (χ2v) is 6.20. The highest BCUT2D eigenvalue weighted by Gasteiger charge is 2.27. The molecule has 3 rings (SSSR count). The van der Waals surface area contributed by atoms with E-state index in [4.69, 9.17) is 9.15 Å². The van der Waals surface area contributed by atoms with Gasteiger partial charge >= 0.3 is 5.97 Å². The van der Waals surface area contributed by atoms with Crippen LogP contribution in [0.5, 0.6) is 0 Å². The van der Waals surface area contributed by atoms with Crippen LogP contribution in [0.25, 0.3) is 0 Å². The number of rotatable bonds is 4. The molecule has 1 aliphatic heterocycles. The lowest BCUT2D eigenvalue weighted by molar-refractivity contribution is 0.0525. The van der Waals surface area contributed by atoms with Crippen LogP contribution in [0.1, 0.15) is 39.2 Å². The number of furan rings is 1. The zero-order chi connectivity index (χ0) is 18.7. The van der Waals surface area contributed by atoms with E-state index in [1.807, 2.05) is 11.8 Å². The molecule has 138 valence electrons. The van der Waals surface area contributed by atoms with Gasteiger partial charge < -0.3 is 19.0 Å². The lowest BCUT2D eigenvalue weighted by Gasteiger charge is -2.35. The van der Waals surface area contributed by atoms with E-state index < -0.39 is 0 Å². The largest absolute Gasteiger partial charge is 0.466 e. The monoisotopic (exact) mass is 357 g/mol. The predicted molar refractivity (Wildman–Crippen MR) is 96.5 cm³/mol. The van der Waals surface area contributed by atoms with Gasteiger partial charge in [-0.1, -0.05) is 0 Å². The van der Waals surface area contributed by atoms with Crippen molar-refractivity contribution in [1.29, 1.82) is 0 Å². The molecule has 1 aliphatic rings. The summed E-state index contributed by atoms with van der Waals surface area (Å²) in [7, 11) is 0. The standard InChI is InChI=1S/C19H23N3O4/c1-4-25-19(24)15-6-5-7-20-17(15)21-8-10-22(11-9-21)18(23)16-12-13(2)26-14(16)3/h5-7,12H,4,8-11H2,1-3H3. The van der Waals surface area contributed by atoms with Crippen LogP contribution in [-0.4, -0.2) is 54.5 Å². The van der Waals surface area contributed by atoms with Crippen molar-refractivity contribution in [3.05, 3.63) is 47.0 Å². The highest BCUT2D eigenvalue weighted by molar-refractivity contribution is 5.96. The molecule has 0 aliphatic carbocycles. The molecule has 0 radical (unpaired) electrons. The predicted octanol–water partition coefficient (Wildman–Crippen LogP) is 2.43. The van der Waals surface area contributed by atoms with Crippen LogP contribution in [0.2, 0.25) is 0 Å². The molecule has 7 nitrogen and oxygen atoms in total. The van der Waals surface area contributed by atoms with Gasteiger partial charge in [0.2, 0.25) is 0 Å². The Morgan fingerprint density at radius 3 is 2.54 bits per heavy atom. The van der Waals surface area contributed by atoms with Gasteiger partial charge in [-0.15, -0.1) is 0 Å². The Labute approximate surface area is 152 Å². The zero-order valence-electron chi connectivity index (χ0n) is 15.3. The molecule has 0 spiro atoms. The van der Waals surface area contributed by atoms with E-state index >= 15 is 0 Å². The first-order valence-electron chi connectivity index (χ1n) is 8.74. The number of ether oxygens (including phenoxy) is 1. The average molecular weight is 357 g/mol. The maximum Gasteiger partial charge on any atom is 0.341 e. The third-order valence-corrected chi connectivity index (χ3v) is 4.42. The quantitative estimate of drug-likeness (QED) is 0.782. The number of hydrogen-bond donors (Lipinski definition) is 0. The Bertz CT molecular complexity index is 807. The minimum atomic E-state index is -0.376. The van der Waals surface area contributed by atoms with Crippen LogP contribution in [0, 0.1) is 13.8 Å². The highest BCUT2D eigenvalue weighted by atomic mass is 16.5. The van der Waals surface area contributed by atoms with Crippen molar-refractivity contribution >= 4 is 17.7 Å². The van der Waals surface area contributed by atoms with Gasteiger partial charge in [-0.05, 0) is 39.0 Å². The normalized spacial score (nSPS) is 14.4. The summed E-state index contributed by atoms with van der Waals surface area (Å²) < 4.78 is 10.6. The molecule has 0 unspecified atom stereocenters. The van der Waals surface area contributed by atoms with Gasteiger partial charge in [0, 0.05) is 32.4 Å². The van der Waals surface area contributed by atoms with Crippen LogP contribution in [0.4, 0.5) is 5.82 Å². The van der Waals surface area contributed by atoms with Crippen LogP contribution in [0.3, 0.4) is 0 Å². The van der Waals surface area contributed by atoms with E-state index in [1.54, 1.807) is 43.1 Å². The summed E-state index contributed by atoms with van der Waals surface area (Å²) in [5, 5.41) is 0. The highest BCUT2D eigenvalue weighted by Crippen LogP contribution is 2.22. The lowest BCUT2D eigenvalue weighted by Crippen LogP contribution is -2.49. The first-order valence-corrected chi connectivity index (χ1v) is 8.74. The van der Waals surface area contributed by atoms with E-state index in [-0.39, 0.29) is 11.9 Å². The van der Waals surface area contributed by atoms with Crippen LogP contribution >= 0.6 is 0 Å². The maximum absolute atomic E-state index is 12.7. The molecule has 0 bridgehead atoms. The van der Waals surface area contributed by atoms with Gasteiger partial charge in [0.25, 0.3) is 5.91 Å². The minimum absolute atomic E-state index is 0.0226. The molecule has 1 amide bonds. The van der Waals surface area contributed by atoms with Crippen molar-refractivity contribution in [2.75, 3.05) is 37.7 Å². The number of hydrogen-bond acceptors (Lipinski definition) is 6. The summed E-state index contributed by atoms with van der Waals surface area (Å²) >= 11 is 0.